The molecule has 0 aromatic heterocycles. The van der Waals surface area contributed by atoms with E-state index in [4.69, 9.17) is 34.8 Å². The third-order valence-electron chi connectivity index (χ3n) is 3.13. The smallest absolute Gasteiger partial charge is 0.141 e. The van der Waals surface area contributed by atoms with Gasteiger partial charge in [0.05, 0.1) is 15.1 Å². The van der Waals surface area contributed by atoms with Gasteiger partial charge in [0.15, 0.2) is 0 Å². The van der Waals surface area contributed by atoms with Gasteiger partial charge in [-0.3, -0.25) is 0 Å². The molecule has 0 amide bonds. The Morgan fingerprint density at radius 3 is 2.50 bits per heavy atom. The summed E-state index contributed by atoms with van der Waals surface area (Å²) in [6.45, 7) is 0. The van der Waals surface area contributed by atoms with Crippen LogP contribution in [-0.2, 0) is 6.42 Å². The van der Waals surface area contributed by atoms with Crippen LogP contribution >= 0.6 is 34.8 Å². The molecule has 0 saturated heterocycles. The lowest BCUT2D eigenvalue weighted by Gasteiger charge is -2.19. The van der Waals surface area contributed by atoms with Gasteiger partial charge in [-0.1, -0.05) is 53.0 Å². The van der Waals surface area contributed by atoms with E-state index in [1.165, 1.54) is 6.07 Å². The zero-order valence-electron chi connectivity index (χ0n) is 10.8. The van der Waals surface area contributed by atoms with Crippen LogP contribution in [0.1, 0.15) is 17.2 Å². The molecule has 1 N–H and O–H groups in total. The predicted octanol–water partition coefficient (Wildman–Crippen LogP) is 5.29. The first-order valence-corrected chi connectivity index (χ1v) is 7.21. The minimum absolute atomic E-state index is 0.0253. The lowest BCUT2D eigenvalue weighted by Crippen LogP contribution is -2.19. The molecule has 0 saturated carbocycles. The predicted molar refractivity (Wildman–Crippen MR) is 83.4 cm³/mol. The number of rotatable bonds is 4. The Kier molecular flexibility index (Phi) is 5.28. The van der Waals surface area contributed by atoms with Crippen LogP contribution in [0.25, 0.3) is 0 Å². The van der Waals surface area contributed by atoms with Crippen molar-refractivity contribution in [3.8, 4) is 0 Å². The number of hydrogen-bond donors (Lipinski definition) is 1. The molecule has 0 bridgehead atoms. The van der Waals surface area contributed by atoms with Crippen LogP contribution < -0.4 is 5.32 Å². The van der Waals surface area contributed by atoms with Crippen LogP contribution in [0.2, 0.25) is 15.1 Å². The number of likely N-dealkylation sites (N-methyl/N-ethyl adjacent to an activating group) is 1. The van der Waals surface area contributed by atoms with E-state index in [0.29, 0.717) is 16.5 Å². The Labute approximate surface area is 132 Å². The van der Waals surface area contributed by atoms with Crippen molar-refractivity contribution in [2.24, 2.45) is 0 Å². The average Bonchev–Trinajstić information content (AvgIpc) is 2.43. The fourth-order valence-electron chi connectivity index (χ4n) is 2.06. The second-order valence-corrected chi connectivity index (χ2v) is 5.63. The molecule has 1 nitrogen and oxygen atoms in total. The third-order valence-corrected chi connectivity index (χ3v) is 4.25. The molecule has 0 aliphatic heterocycles. The van der Waals surface area contributed by atoms with Crippen molar-refractivity contribution < 1.29 is 4.39 Å². The maximum absolute atomic E-state index is 13.2. The van der Waals surface area contributed by atoms with Crippen molar-refractivity contribution in [1.82, 2.24) is 5.32 Å². The van der Waals surface area contributed by atoms with Gasteiger partial charge >= 0.3 is 0 Å². The molecule has 1 atom stereocenters. The van der Waals surface area contributed by atoms with Gasteiger partial charge in [0.25, 0.3) is 0 Å². The molecule has 20 heavy (non-hydrogen) atoms. The average molecular weight is 333 g/mol. The normalized spacial score (nSPS) is 12.4. The lowest BCUT2D eigenvalue weighted by atomic mass is 9.99. The summed E-state index contributed by atoms with van der Waals surface area (Å²) in [5.41, 5.74) is 1.83. The lowest BCUT2D eigenvalue weighted by molar-refractivity contribution is 0.589. The molecule has 0 aliphatic carbocycles. The second-order valence-electron chi connectivity index (χ2n) is 4.44. The van der Waals surface area contributed by atoms with Gasteiger partial charge in [-0.05, 0) is 42.8 Å². The Hall–Kier alpha value is -0.800. The topological polar surface area (TPSA) is 12.0 Å². The molecule has 0 heterocycles. The van der Waals surface area contributed by atoms with Gasteiger partial charge in [0.2, 0.25) is 0 Å². The molecule has 0 fully saturated rings. The van der Waals surface area contributed by atoms with E-state index in [0.717, 1.165) is 11.1 Å². The second kappa shape index (κ2) is 6.77. The molecular formula is C15H13Cl3FN. The van der Waals surface area contributed by atoms with E-state index in [2.05, 4.69) is 5.32 Å². The first kappa shape index (κ1) is 15.6. The van der Waals surface area contributed by atoms with Crippen molar-refractivity contribution in [2.75, 3.05) is 7.05 Å². The van der Waals surface area contributed by atoms with Gasteiger partial charge in [-0.25, -0.2) is 4.39 Å². The van der Waals surface area contributed by atoms with E-state index in [9.17, 15) is 4.39 Å². The molecule has 2 aromatic carbocycles. The molecule has 0 spiro atoms. The molecule has 2 rings (SSSR count). The summed E-state index contributed by atoms with van der Waals surface area (Å²) in [6.07, 6.45) is 0.635. The molecule has 1 unspecified atom stereocenters. The van der Waals surface area contributed by atoms with Crippen molar-refractivity contribution in [1.29, 1.82) is 0 Å². The molecule has 5 heteroatoms. The van der Waals surface area contributed by atoms with E-state index in [1.54, 1.807) is 18.2 Å². The van der Waals surface area contributed by atoms with Gasteiger partial charge < -0.3 is 5.32 Å². The summed E-state index contributed by atoms with van der Waals surface area (Å²) in [4.78, 5) is 0. The number of nitrogens with one attached hydrogen (secondary N) is 1. The monoisotopic (exact) mass is 331 g/mol. The Morgan fingerprint density at radius 1 is 1.10 bits per heavy atom. The molecule has 2 aromatic rings. The van der Waals surface area contributed by atoms with Crippen LogP contribution in [0, 0.1) is 5.82 Å². The zero-order chi connectivity index (χ0) is 14.7. The Morgan fingerprint density at radius 2 is 1.85 bits per heavy atom. The minimum atomic E-state index is -0.419. The zero-order valence-corrected chi connectivity index (χ0v) is 13.0. The summed E-state index contributed by atoms with van der Waals surface area (Å²) in [7, 11) is 1.84. The minimum Gasteiger partial charge on any atom is -0.313 e. The molecule has 0 radical (unpaired) electrons. The summed E-state index contributed by atoms with van der Waals surface area (Å²) in [6, 6.07) is 10.2. The standard InChI is InChI=1S/C15H13Cl3FN/c1-20-14(10-3-2-4-11(16)15(10)18)8-9-5-6-13(19)12(17)7-9/h2-7,14,20H,8H2,1H3. The van der Waals surface area contributed by atoms with Gasteiger partial charge in [-0.15, -0.1) is 0 Å². The van der Waals surface area contributed by atoms with Crippen LogP contribution in [0.4, 0.5) is 4.39 Å². The quantitative estimate of drug-likeness (QED) is 0.802. The SMILES string of the molecule is CNC(Cc1ccc(F)c(Cl)c1)c1cccc(Cl)c1Cl. The number of halogens is 4. The summed E-state index contributed by atoms with van der Waals surface area (Å²) < 4.78 is 13.2. The van der Waals surface area contributed by atoms with Gasteiger partial charge in [0.1, 0.15) is 5.82 Å². The highest BCUT2D eigenvalue weighted by atomic mass is 35.5. The van der Waals surface area contributed by atoms with E-state index in [-0.39, 0.29) is 11.1 Å². The van der Waals surface area contributed by atoms with E-state index in [1.807, 2.05) is 19.2 Å². The third kappa shape index (κ3) is 3.44. The van der Waals surface area contributed by atoms with Crippen molar-refractivity contribution in [3.63, 3.8) is 0 Å². The van der Waals surface area contributed by atoms with Crippen LogP contribution in [0.3, 0.4) is 0 Å². The van der Waals surface area contributed by atoms with Crippen molar-refractivity contribution >= 4 is 34.8 Å². The van der Waals surface area contributed by atoms with Crippen molar-refractivity contribution in [3.05, 3.63) is 68.4 Å². The summed E-state index contributed by atoms with van der Waals surface area (Å²) in [5, 5.41) is 4.35. The number of hydrogen-bond acceptors (Lipinski definition) is 1. The fourth-order valence-corrected chi connectivity index (χ4v) is 2.70. The molecule has 0 aliphatic rings. The largest absolute Gasteiger partial charge is 0.313 e. The number of benzene rings is 2. The highest BCUT2D eigenvalue weighted by molar-refractivity contribution is 6.42. The maximum atomic E-state index is 13.2. The van der Waals surface area contributed by atoms with E-state index >= 15 is 0 Å². The van der Waals surface area contributed by atoms with Gasteiger partial charge in [-0.2, -0.15) is 0 Å². The Bertz CT molecular complexity index is 616. The van der Waals surface area contributed by atoms with Gasteiger partial charge in [0, 0.05) is 6.04 Å². The van der Waals surface area contributed by atoms with Crippen LogP contribution in [-0.4, -0.2) is 7.05 Å². The maximum Gasteiger partial charge on any atom is 0.141 e. The van der Waals surface area contributed by atoms with Crippen LogP contribution in [0.5, 0.6) is 0 Å². The van der Waals surface area contributed by atoms with E-state index < -0.39 is 5.82 Å². The summed E-state index contributed by atoms with van der Waals surface area (Å²) >= 11 is 18.1. The first-order chi connectivity index (χ1) is 9.52. The Balaban J connectivity index is 2.28. The molecular weight excluding hydrogens is 320 g/mol. The fraction of sp³-hybridized carbons (Fsp3) is 0.200. The summed E-state index contributed by atoms with van der Waals surface area (Å²) in [5.74, 6) is -0.419. The highest BCUT2D eigenvalue weighted by Crippen LogP contribution is 2.31. The first-order valence-electron chi connectivity index (χ1n) is 6.08. The van der Waals surface area contributed by atoms with Crippen molar-refractivity contribution in [2.45, 2.75) is 12.5 Å². The van der Waals surface area contributed by atoms with Crippen LogP contribution in [0.15, 0.2) is 36.4 Å². The highest BCUT2D eigenvalue weighted by Gasteiger charge is 2.15. The molecule has 106 valence electrons.